The lowest BCUT2D eigenvalue weighted by atomic mass is 10.2. The van der Waals surface area contributed by atoms with E-state index in [9.17, 15) is 9.59 Å². The van der Waals surface area contributed by atoms with E-state index in [4.69, 9.17) is 9.84 Å². The van der Waals surface area contributed by atoms with Gasteiger partial charge in [0.1, 0.15) is 11.8 Å². The highest BCUT2D eigenvalue weighted by atomic mass is 16.5. The second-order valence-corrected chi connectivity index (χ2v) is 4.91. The number of anilines is 1. The molecule has 22 heavy (non-hydrogen) atoms. The van der Waals surface area contributed by atoms with Crippen molar-refractivity contribution in [2.75, 3.05) is 18.5 Å². The van der Waals surface area contributed by atoms with Gasteiger partial charge in [-0.25, -0.2) is 0 Å². The minimum absolute atomic E-state index is 0.105. The Hall–Kier alpha value is -2.08. The maximum atomic E-state index is 11.9. The third-order valence-corrected chi connectivity index (χ3v) is 3.06. The van der Waals surface area contributed by atoms with Crippen LogP contribution in [0.1, 0.15) is 33.1 Å². The molecule has 1 atom stereocenters. The second-order valence-electron chi connectivity index (χ2n) is 4.91. The number of carbonyl (C=O) groups is 2. The molecular formula is C16H24N2O4. The summed E-state index contributed by atoms with van der Waals surface area (Å²) in [5, 5.41) is 14.7. The summed E-state index contributed by atoms with van der Waals surface area (Å²) in [6.07, 6.45) is 1.74. The summed E-state index contributed by atoms with van der Waals surface area (Å²) in [6.45, 7) is 5.09. The number of aliphatic carboxylic acids is 1. The topological polar surface area (TPSA) is 87.7 Å². The lowest BCUT2D eigenvalue weighted by Gasteiger charge is -2.14. The fourth-order valence-corrected chi connectivity index (χ4v) is 1.90. The van der Waals surface area contributed by atoms with Crippen LogP contribution >= 0.6 is 0 Å². The molecular weight excluding hydrogens is 284 g/mol. The van der Waals surface area contributed by atoms with Crippen molar-refractivity contribution in [2.24, 2.45) is 0 Å². The lowest BCUT2D eigenvalue weighted by molar-refractivity contribution is -0.141. The molecule has 0 bridgehead atoms. The van der Waals surface area contributed by atoms with Gasteiger partial charge in [-0.05, 0) is 44.2 Å². The molecule has 1 aromatic carbocycles. The van der Waals surface area contributed by atoms with Gasteiger partial charge >= 0.3 is 5.97 Å². The fourth-order valence-electron chi connectivity index (χ4n) is 1.90. The van der Waals surface area contributed by atoms with Crippen LogP contribution in [0.4, 0.5) is 5.69 Å². The average molecular weight is 308 g/mol. The molecule has 0 heterocycles. The maximum absolute atomic E-state index is 11.9. The normalized spacial score (nSPS) is 11.7. The number of carbonyl (C=O) groups excluding carboxylic acids is 1. The summed E-state index contributed by atoms with van der Waals surface area (Å²) in [6, 6.07) is 6.10. The number of amides is 1. The number of carboxylic acids is 1. The van der Waals surface area contributed by atoms with E-state index in [1.165, 1.54) is 0 Å². The van der Waals surface area contributed by atoms with Crippen LogP contribution in [0.3, 0.4) is 0 Å². The standard InChI is InChI=1S/C16H24N2O4/c1-3-5-10-17-14(16(20)21)11-15(19)18-12-6-8-13(9-7-12)22-4-2/h6-9,14,17H,3-5,10-11H2,1-2H3,(H,18,19)(H,20,21)/t14-/m0/s1. The Morgan fingerprint density at radius 2 is 1.91 bits per heavy atom. The van der Waals surface area contributed by atoms with E-state index in [0.29, 0.717) is 18.8 Å². The molecule has 0 fully saturated rings. The number of rotatable bonds is 10. The smallest absolute Gasteiger partial charge is 0.321 e. The average Bonchev–Trinajstić information content (AvgIpc) is 2.48. The molecule has 0 aromatic heterocycles. The molecule has 1 aromatic rings. The van der Waals surface area contributed by atoms with Crippen molar-refractivity contribution in [3.8, 4) is 5.75 Å². The van der Waals surface area contributed by atoms with Crippen molar-refractivity contribution in [3.63, 3.8) is 0 Å². The zero-order valence-electron chi connectivity index (χ0n) is 13.1. The zero-order valence-corrected chi connectivity index (χ0v) is 13.1. The first-order chi connectivity index (χ1) is 10.6. The van der Waals surface area contributed by atoms with Gasteiger partial charge in [-0.1, -0.05) is 13.3 Å². The van der Waals surface area contributed by atoms with Gasteiger partial charge in [-0.3, -0.25) is 9.59 Å². The zero-order chi connectivity index (χ0) is 16.4. The maximum Gasteiger partial charge on any atom is 0.321 e. The van der Waals surface area contributed by atoms with E-state index in [2.05, 4.69) is 10.6 Å². The summed E-state index contributed by atoms with van der Waals surface area (Å²) in [4.78, 5) is 23.1. The first-order valence-corrected chi connectivity index (χ1v) is 7.55. The van der Waals surface area contributed by atoms with Gasteiger partial charge in [0.25, 0.3) is 0 Å². The van der Waals surface area contributed by atoms with E-state index in [0.717, 1.165) is 18.6 Å². The monoisotopic (exact) mass is 308 g/mol. The van der Waals surface area contributed by atoms with E-state index in [1.807, 2.05) is 13.8 Å². The van der Waals surface area contributed by atoms with Crippen LogP contribution in [0.15, 0.2) is 24.3 Å². The summed E-state index contributed by atoms with van der Waals surface area (Å²) in [7, 11) is 0. The van der Waals surface area contributed by atoms with Crippen LogP contribution in [0.5, 0.6) is 5.75 Å². The van der Waals surface area contributed by atoms with Gasteiger partial charge in [0.15, 0.2) is 0 Å². The van der Waals surface area contributed by atoms with Gasteiger partial charge in [0.05, 0.1) is 13.0 Å². The van der Waals surface area contributed by atoms with Crippen molar-refractivity contribution >= 4 is 17.6 Å². The first kappa shape index (κ1) is 18.0. The van der Waals surface area contributed by atoms with Crippen molar-refractivity contribution in [1.29, 1.82) is 0 Å². The largest absolute Gasteiger partial charge is 0.494 e. The van der Waals surface area contributed by atoms with E-state index < -0.39 is 12.0 Å². The Morgan fingerprint density at radius 3 is 2.45 bits per heavy atom. The number of hydrogen-bond donors (Lipinski definition) is 3. The Kier molecular flexibility index (Phi) is 7.99. The van der Waals surface area contributed by atoms with Gasteiger partial charge in [-0.15, -0.1) is 0 Å². The van der Waals surface area contributed by atoms with Crippen molar-refractivity contribution in [3.05, 3.63) is 24.3 Å². The van der Waals surface area contributed by atoms with E-state index >= 15 is 0 Å². The molecule has 0 aliphatic rings. The van der Waals surface area contributed by atoms with Crippen molar-refractivity contribution in [2.45, 2.75) is 39.2 Å². The number of hydrogen-bond acceptors (Lipinski definition) is 4. The molecule has 0 aliphatic carbocycles. The number of ether oxygens (including phenoxy) is 1. The summed E-state index contributed by atoms with van der Waals surface area (Å²) < 4.78 is 5.32. The number of nitrogens with one attached hydrogen (secondary N) is 2. The number of unbranched alkanes of at least 4 members (excludes halogenated alkanes) is 1. The molecule has 6 nitrogen and oxygen atoms in total. The van der Waals surface area contributed by atoms with E-state index in [-0.39, 0.29) is 12.3 Å². The van der Waals surface area contributed by atoms with Gasteiger partial charge in [0.2, 0.25) is 5.91 Å². The van der Waals surface area contributed by atoms with Crippen LogP contribution < -0.4 is 15.4 Å². The van der Waals surface area contributed by atoms with Crippen LogP contribution in [0.2, 0.25) is 0 Å². The highest BCUT2D eigenvalue weighted by molar-refractivity contribution is 5.94. The molecule has 0 spiro atoms. The van der Waals surface area contributed by atoms with Gasteiger partial charge in [0, 0.05) is 5.69 Å². The SMILES string of the molecule is CCCCN[C@@H](CC(=O)Nc1ccc(OCC)cc1)C(=O)O. The molecule has 1 amide bonds. The Bertz CT molecular complexity index is 474. The minimum Gasteiger partial charge on any atom is -0.494 e. The minimum atomic E-state index is -1.02. The summed E-state index contributed by atoms with van der Waals surface area (Å²) in [5.74, 6) is -0.622. The number of carboxylic acid groups (broad SMARTS) is 1. The van der Waals surface area contributed by atoms with Crippen LogP contribution in [-0.2, 0) is 9.59 Å². The van der Waals surface area contributed by atoms with Gasteiger partial charge < -0.3 is 20.5 Å². The highest BCUT2D eigenvalue weighted by Crippen LogP contribution is 2.15. The predicted molar refractivity (Wildman–Crippen MR) is 85.2 cm³/mol. The summed E-state index contributed by atoms with van der Waals surface area (Å²) >= 11 is 0. The molecule has 0 unspecified atom stereocenters. The van der Waals surface area contributed by atoms with Crippen LogP contribution in [0, 0.1) is 0 Å². The summed E-state index contributed by atoms with van der Waals surface area (Å²) in [5.41, 5.74) is 0.617. The molecule has 0 saturated heterocycles. The fraction of sp³-hybridized carbons (Fsp3) is 0.500. The Balaban J connectivity index is 2.50. The van der Waals surface area contributed by atoms with Crippen molar-refractivity contribution in [1.82, 2.24) is 5.32 Å². The molecule has 0 saturated carbocycles. The van der Waals surface area contributed by atoms with Crippen LogP contribution in [-0.4, -0.2) is 36.2 Å². The van der Waals surface area contributed by atoms with Crippen LogP contribution in [0.25, 0.3) is 0 Å². The van der Waals surface area contributed by atoms with Gasteiger partial charge in [-0.2, -0.15) is 0 Å². The second kappa shape index (κ2) is 9.78. The molecule has 0 aliphatic heterocycles. The van der Waals surface area contributed by atoms with Crippen molar-refractivity contribution < 1.29 is 19.4 Å². The molecule has 1 rings (SSSR count). The Labute approximate surface area is 130 Å². The third-order valence-electron chi connectivity index (χ3n) is 3.06. The highest BCUT2D eigenvalue weighted by Gasteiger charge is 2.20. The lowest BCUT2D eigenvalue weighted by Crippen LogP contribution is -2.40. The number of benzene rings is 1. The van der Waals surface area contributed by atoms with E-state index in [1.54, 1.807) is 24.3 Å². The predicted octanol–water partition coefficient (Wildman–Crippen LogP) is 2.26. The first-order valence-electron chi connectivity index (χ1n) is 7.55. The quantitative estimate of drug-likeness (QED) is 0.577. The molecule has 0 radical (unpaired) electrons. The molecule has 6 heteroatoms. The Morgan fingerprint density at radius 1 is 1.23 bits per heavy atom. The molecule has 122 valence electrons. The third kappa shape index (κ3) is 6.58. The molecule has 3 N–H and O–H groups in total.